The van der Waals surface area contributed by atoms with Gasteiger partial charge in [0.25, 0.3) is 0 Å². The lowest BCUT2D eigenvalue weighted by molar-refractivity contribution is -0.136. The average molecular weight is 339 g/mol. The Kier molecular flexibility index (Phi) is 4.74. The maximum Gasteiger partial charge on any atom is 0.307 e. The smallest absolute Gasteiger partial charge is 0.307 e. The van der Waals surface area contributed by atoms with Crippen LogP contribution in [0.5, 0.6) is 5.75 Å². The summed E-state index contributed by atoms with van der Waals surface area (Å²) in [6.45, 7) is 0.275. The molecule has 2 aromatic carbocycles. The van der Waals surface area contributed by atoms with Crippen LogP contribution in [0.4, 0.5) is 4.39 Å². The molecule has 0 bridgehead atoms. The number of carboxylic acids is 1. The van der Waals surface area contributed by atoms with Gasteiger partial charge in [0.05, 0.1) is 6.42 Å². The summed E-state index contributed by atoms with van der Waals surface area (Å²) in [4.78, 5) is 10.7. The van der Waals surface area contributed by atoms with Crippen LogP contribution < -0.4 is 4.74 Å². The molecule has 0 spiro atoms. The summed E-state index contributed by atoms with van der Waals surface area (Å²) in [5, 5.41) is 8.75. The fraction of sp³-hybridized carbons (Fsp3) is 0.133. The van der Waals surface area contributed by atoms with Gasteiger partial charge in [-0.3, -0.25) is 4.79 Å². The van der Waals surface area contributed by atoms with E-state index < -0.39 is 5.97 Å². The summed E-state index contributed by atoms with van der Waals surface area (Å²) in [5.41, 5.74) is 1.49. The first-order valence-corrected chi connectivity index (χ1v) is 6.71. The lowest BCUT2D eigenvalue weighted by atomic mass is 10.1. The molecular weight excluding hydrogens is 327 g/mol. The molecule has 0 saturated heterocycles. The van der Waals surface area contributed by atoms with Gasteiger partial charge in [-0.1, -0.05) is 34.1 Å². The fourth-order valence-electron chi connectivity index (χ4n) is 1.72. The predicted molar refractivity (Wildman–Crippen MR) is 76.2 cm³/mol. The van der Waals surface area contributed by atoms with Gasteiger partial charge in [0, 0.05) is 10.0 Å². The van der Waals surface area contributed by atoms with Crippen LogP contribution in [0.25, 0.3) is 0 Å². The first-order valence-electron chi connectivity index (χ1n) is 5.92. The van der Waals surface area contributed by atoms with Crippen molar-refractivity contribution in [2.24, 2.45) is 0 Å². The zero-order valence-electron chi connectivity index (χ0n) is 10.5. The molecule has 0 aliphatic carbocycles. The molecule has 0 unspecified atom stereocenters. The molecule has 0 aliphatic rings. The number of halogens is 2. The van der Waals surface area contributed by atoms with Crippen LogP contribution in [0, 0.1) is 5.82 Å². The van der Waals surface area contributed by atoms with Gasteiger partial charge < -0.3 is 9.84 Å². The summed E-state index contributed by atoms with van der Waals surface area (Å²) in [5.74, 6) is -0.618. The third-order valence-electron chi connectivity index (χ3n) is 2.66. The Morgan fingerprint density at radius 3 is 2.75 bits per heavy atom. The van der Waals surface area contributed by atoms with E-state index in [2.05, 4.69) is 15.9 Å². The number of benzene rings is 2. The SMILES string of the molecule is O=C(O)Cc1cccc(OCc2ccc(F)cc2Br)c1. The minimum Gasteiger partial charge on any atom is -0.489 e. The Morgan fingerprint density at radius 2 is 2.05 bits per heavy atom. The molecule has 20 heavy (non-hydrogen) atoms. The van der Waals surface area contributed by atoms with Gasteiger partial charge in [-0.25, -0.2) is 4.39 Å². The minimum atomic E-state index is -0.886. The summed E-state index contributed by atoms with van der Waals surface area (Å²) < 4.78 is 19.2. The topological polar surface area (TPSA) is 46.5 Å². The van der Waals surface area contributed by atoms with Crippen molar-refractivity contribution in [1.29, 1.82) is 0 Å². The monoisotopic (exact) mass is 338 g/mol. The van der Waals surface area contributed by atoms with Gasteiger partial charge in [-0.2, -0.15) is 0 Å². The number of ether oxygens (including phenoxy) is 1. The molecule has 104 valence electrons. The van der Waals surface area contributed by atoms with E-state index in [0.29, 0.717) is 15.8 Å². The highest BCUT2D eigenvalue weighted by Crippen LogP contribution is 2.21. The molecular formula is C15H12BrFO3. The van der Waals surface area contributed by atoms with E-state index >= 15 is 0 Å². The quantitative estimate of drug-likeness (QED) is 0.901. The van der Waals surface area contributed by atoms with E-state index in [4.69, 9.17) is 9.84 Å². The van der Waals surface area contributed by atoms with Crippen LogP contribution in [0.3, 0.4) is 0 Å². The number of rotatable bonds is 5. The van der Waals surface area contributed by atoms with Crippen molar-refractivity contribution in [3.05, 3.63) is 63.9 Å². The highest BCUT2D eigenvalue weighted by molar-refractivity contribution is 9.10. The molecule has 0 saturated carbocycles. The normalized spacial score (nSPS) is 10.3. The summed E-state index contributed by atoms with van der Waals surface area (Å²) in [6, 6.07) is 11.3. The van der Waals surface area contributed by atoms with Crippen LogP contribution >= 0.6 is 15.9 Å². The van der Waals surface area contributed by atoms with E-state index in [1.165, 1.54) is 12.1 Å². The molecule has 0 aromatic heterocycles. The minimum absolute atomic E-state index is 0.0442. The van der Waals surface area contributed by atoms with E-state index in [9.17, 15) is 9.18 Å². The number of carbonyl (C=O) groups is 1. The van der Waals surface area contributed by atoms with Crippen molar-refractivity contribution in [2.45, 2.75) is 13.0 Å². The number of carboxylic acid groups (broad SMARTS) is 1. The molecule has 3 nitrogen and oxygen atoms in total. The second-order valence-electron chi connectivity index (χ2n) is 4.24. The van der Waals surface area contributed by atoms with E-state index in [1.54, 1.807) is 30.3 Å². The fourth-order valence-corrected chi connectivity index (χ4v) is 2.18. The molecule has 0 atom stereocenters. The van der Waals surface area contributed by atoms with Crippen molar-refractivity contribution < 1.29 is 19.0 Å². The predicted octanol–water partition coefficient (Wildman–Crippen LogP) is 3.79. The zero-order chi connectivity index (χ0) is 14.5. The lowest BCUT2D eigenvalue weighted by Crippen LogP contribution is -2.01. The Labute approximate surface area is 124 Å². The van der Waals surface area contributed by atoms with Crippen LogP contribution in [-0.2, 0) is 17.8 Å². The second-order valence-corrected chi connectivity index (χ2v) is 5.10. The van der Waals surface area contributed by atoms with Crippen molar-refractivity contribution in [2.75, 3.05) is 0 Å². The van der Waals surface area contributed by atoms with Crippen molar-refractivity contribution in [3.63, 3.8) is 0 Å². The largest absolute Gasteiger partial charge is 0.489 e. The lowest BCUT2D eigenvalue weighted by Gasteiger charge is -2.09. The molecule has 0 aliphatic heterocycles. The Morgan fingerprint density at radius 1 is 1.25 bits per heavy atom. The van der Waals surface area contributed by atoms with Crippen molar-refractivity contribution in [1.82, 2.24) is 0 Å². The van der Waals surface area contributed by atoms with Crippen LogP contribution in [0.1, 0.15) is 11.1 Å². The second kappa shape index (κ2) is 6.52. The van der Waals surface area contributed by atoms with E-state index in [-0.39, 0.29) is 18.8 Å². The van der Waals surface area contributed by atoms with Crippen molar-refractivity contribution >= 4 is 21.9 Å². The van der Waals surface area contributed by atoms with E-state index in [1.807, 2.05) is 0 Å². The summed E-state index contributed by atoms with van der Waals surface area (Å²) in [6.07, 6.45) is -0.0442. The number of aliphatic carboxylic acids is 1. The average Bonchev–Trinajstić information content (AvgIpc) is 2.37. The van der Waals surface area contributed by atoms with Crippen LogP contribution in [0.2, 0.25) is 0 Å². The first-order chi connectivity index (χ1) is 9.54. The summed E-state index contributed by atoms with van der Waals surface area (Å²) in [7, 11) is 0. The standard InChI is InChI=1S/C15H12BrFO3/c16-14-8-12(17)5-4-11(14)9-20-13-3-1-2-10(6-13)7-15(18)19/h1-6,8H,7,9H2,(H,18,19). The number of hydrogen-bond donors (Lipinski definition) is 1. The van der Waals surface area contributed by atoms with Gasteiger partial charge in [-0.05, 0) is 29.8 Å². The molecule has 1 N–H and O–H groups in total. The molecule has 2 aromatic rings. The van der Waals surface area contributed by atoms with Crippen LogP contribution in [-0.4, -0.2) is 11.1 Å². The highest BCUT2D eigenvalue weighted by atomic mass is 79.9. The van der Waals surface area contributed by atoms with Crippen molar-refractivity contribution in [3.8, 4) is 5.75 Å². The maximum absolute atomic E-state index is 13.0. The van der Waals surface area contributed by atoms with E-state index in [0.717, 1.165) is 5.56 Å². The molecule has 0 fully saturated rings. The van der Waals surface area contributed by atoms with Gasteiger partial charge in [0.1, 0.15) is 18.2 Å². The number of hydrogen-bond acceptors (Lipinski definition) is 2. The Balaban J connectivity index is 2.05. The third-order valence-corrected chi connectivity index (χ3v) is 3.40. The Bertz CT molecular complexity index is 628. The van der Waals surface area contributed by atoms with Gasteiger partial charge in [0.2, 0.25) is 0 Å². The maximum atomic E-state index is 13.0. The Hall–Kier alpha value is -1.88. The molecule has 0 amide bonds. The molecule has 0 heterocycles. The van der Waals surface area contributed by atoms with Gasteiger partial charge in [0.15, 0.2) is 0 Å². The molecule has 5 heteroatoms. The zero-order valence-corrected chi connectivity index (χ0v) is 12.1. The third kappa shape index (κ3) is 4.06. The summed E-state index contributed by atoms with van der Waals surface area (Å²) >= 11 is 3.27. The molecule has 0 radical (unpaired) electrons. The molecule has 2 rings (SSSR count). The first kappa shape index (κ1) is 14.5. The highest BCUT2D eigenvalue weighted by Gasteiger charge is 2.05. The van der Waals surface area contributed by atoms with Gasteiger partial charge >= 0.3 is 5.97 Å². The van der Waals surface area contributed by atoms with Gasteiger partial charge in [-0.15, -0.1) is 0 Å². The van der Waals surface area contributed by atoms with Crippen LogP contribution in [0.15, 0.2) is 46.9 Å².